The van der Waals surface area contributed by atoms with E-state index in [0.717, 1.165) is 18.2 Å². The molecule has 0 unspecified atom stereocenters. The molecule has 0 atom stereocenters. The van der Waals surface area contributed by atoms with Crippen molar-refractivity contribution in [1.29, 1.82) is 0 Å². The minimum atomic E-state index is -0.984. The number of benzene rings is 3. The summed E-state index contributed by atoms with van der Waals surface area (Å²) in [4.78, 5) is 0. The molecule has 27 heavy (non-hydrogen) atoms. The lowest BCUT2D eigenvalue weighted by molar-refractivity contribution is 0.434. The molecule has 0 saturated carbocycles. The van der Waals surface area contributed by atoms with E-state index < -0.39 is 5.92 Å². The van der Waals surface area contributed by atoms with Gasteiger partial charge in [-0.1, -0.05) is 29.3 Å². The number of aromatic hydroxyl groups is 6. The number of hydrogen-bond acceptors (Lipinski definition) is 6. The Morgan fingerprint density at radius 3 is 1.41 bits per heavy atom. The fraction of sp³-hybridized carbons (Fsp3) is 0.0526. The molecule has 3 rings (SSSR count). The van der Waals surface area contributed by atoms with E-state index in [2.05, 4.69) is 0 Å². The molecule has 6 N–H and O–H groups in total. The third-order valence-electron chi connectivity index (χ3n) is 4.14. The van der Waals surface area contributed by atoms with E-state index in [-0.39, 0.29) is 61.2 Å². The molecule has 3 aromatic rings. The Morgan fingerprint density at radius 2 is 0.963 bits per heavy atom. The van der Waals surface area contributed by atoms with Crippen molar-refractivity contribution < 1.29 is 30.6 Å². The highest BCUT2D eigenvalue weighted by molar-refractivity contribution is 6.32. The van der Waals surface area contributed by atoms with E-state index >= 15 is 0 Å². The van der Waals surface area contributed by atoms with Crippen LogP contribution in [0, 0.1) is 0 Å². The number of hydrogen-bond donors (Lipinski definition) is 6. The van der Waals surface area contributed by atoms with Gasteiger partial charge >= 0.3 is 0 Å². The molecule has 0 fully saturated rings. The molecule has 140 valence electrons. The SMILES string of the molecule is Oc1ccc(C(c2cc(Cl)c(O)cc2O)c2cc(Cl)c(O)cc2O)c(O)c1. The maximum atomic E-state index is 10.4. The zero-order valence-corrected chi connectivity index (χ0v) is 15.1. The van der Waals surface area contributed by atoms with Crippen molar-refractivity contribution in [3.05, 3.63) is 69.2 Å². The maximum Gasteiger partial charge on any atom is 0.137 e. The second-order valence-corrected chi connectivity index (χ2v) is 6.72. The molecule has 3 aromatic carbocycles. The van der Waals surface area contributed by atoms with Gasteiger partial charge in [-0.15, -0.1) is 0 Å². The Balaban J connectivity index is 2.34. The van der Waals surface area contributed by atoms with E-state index in [1.807, 2.05) is 0 Å². The third kappa shape index (κ3) is 3.49. The summed E-state index contributed by atoms with van der Waals surface area (Å²) in [5.41, 5.74) is 0.508. The van der Waals surface area contributed by atoms with Crippen LogP contribution < -0.4 is 0 Å². The average molecular weight is 409 g/mol. The molecular formula is C19H14Cl2O6. The Hall–Kier alpha value is -2.96. The molecule has 0 spiro atoms. The zero-order chi connectivity index (χ0) is 19.9. The van der Waals surface area contributed by atoms with Crippen molar-refractivity contribution in [2.24, 2.45) is 0 Å². The number of phenolic OH excluding ortho intramolecular Hbond substituents is 6. The van der Waals surface area contributed by atoms with E-state index in [0.29, 0.717) is 0 Å². The van der Waals surface area contributed by atoms with Gasteiger partial charge in [-0.2, -0.15) is 0 Å². The van der Waals surface area contributed by atoms with Crippen LogP contribution in [0.4, 0.5) is 0 Å². The van der Waals surface area contributed by atoms with E-state index in [9.17, 15) is 30.6 Å². The van der Waals surface area contributed by atoms with Crippen LogP contribution in [0.1, 0.15) is 22.6 Å². The summed E-state index contributed by atoms with van der Waals surface area (Å²) in [6, 6.07) is 8.44. The van der Waals surface area contributed by atoms with Crippen molar-refractivity contribution in [3.8, 4) is 34.5 Å². The van der Waals surface area contributed by atoms with Gasteiger partial charge in [-0.05, 0) is 18.2 Å². The molecule has 0 amide bonds. The Kier molecular flexibility index (Phi) is 4.87. The fourth-order valence-electron chi connectivity index (χ4n) is 2.87. The van der Waals surface area contributed by atoms with E-state index in [1.54, 1.807) is 0 Å². The first-order valence-corrected chi connectivity index (χ1v) is 8.39. The predicted octanol–water partition coefficient (Wildman–Crippen LogP) is 4.41. The molecule has 0 radical (unpaired) electrons. The van der Waals surface area contributed by atoms with E-state index in [1.165, 1.54) is 24.3 Å². The average Bonchev–Trinajstić information content (AvgIpc) is 2.58. The summed E-state index contributed by atoms with van der Waals surface area (Å²) < 4.78 is 0. The van der Waals surface area contributed by atoms with Crippen LogP contribution in [-0.2, 0) is 0 Å². The van der Waals surface area contributed by atoms with Gasteiger partial charge in [0.2, 0.25) is 0 Å². The highest BCUT2D eigenvalue weighted by atomic mass is 35.5. The summed E-state index contributed by atoms with van der Waals surface area (Å²) in [6.45, 7) is 0. The molecule has 8 heteroatoms. The maximum absolute atomic E-state index is 10.4. The summed E-state index contributed by atoms with van der Waals surface area (Å²) in [5.74, 6) is -2.88. The smallest absolute Gasteiger partial charge is 0.137 e. The van der Waals surface area contributed by atoms with Crippen molar-refractivity contribution in [2.45, 2.75) is 5.92 Å². The van der Waals surface area contributed by atoms with Gasteiger partial charge in [0.1, 0.15) is 34.5 Å². The lowest BCUT2D eigenvalue weighted by atomic mass is 9.83. The lowest BCUT2D eigenvalue weighted by Gasteiger charge is -2.22. The van der Waals surface area contributed by atoms with Crippen LogP contribution in [0.3, 0.4) is 0 Å². The first-order chi connectivity index (χ1) is 12.7. The molecule has 0 aliphatic heterocycles. The van der Waals surface area contributed by atoms with Crippen LogP contribution in [0.15, 0.2) is 42.5 Å². The van der Waals surface area contributed by atoms with Crippen molar-refractivity contribution in [3.63, 3.8) is 0 Å². The largest absolute Gasteiger partial charge is 0.508 e. The second kappa shape index (κ2) is 6.98. The minimum absolute atomic E-state index is 0.0598. The second-order valence-electron chi connectivity index (χ2n) is 5.90. The minimum Gasteiger partial charge on any atom is -0.508 e. The van der Waals surface area contributed by atoms with Gasteiger partial charge in [0.25, 0.3) is 0 Å². The number of phenols is 6. The Bertz CT molecular complexity index is 978. The summed E-state index contributed by atoms with van der Waals surface area (Å²) >= 11 is 11.9. The molecule has 6 nitrogen and oxygen atoms in total. The van der Waals surface area contributed by atoms with Gasteiger partial charge in [-0.3, -0.25) is 0 Å². The third-order valence-corrected chi connectivity index (χ3v) is 4.74. The van der Waals surface area contributed by atoms with Crippen LogP contribution in [0.2, 0.25) is 10.0 Å². The van der Waals surface area contributed by atoms with Crippen LogP contribution >= 0.6 is 23.2 Å². The topological polar surface area (TPSA) is 121 Å². The first kappa shape index (κ1) is 18.8. The summed E-state index contributed by atoms with van der Waals surface area (Å²) in [5, 5.41) is 59.9. The van der Waals surface area contributed by atoms with Gasteiger partial charge in [-0.25, -0.2) is 0 Å². The molecule has 0 aliphatic rings. The van der Waals surface area contributed by atoms with Crippen LogP contribution in [0.25, 0.3) is 0 Å². The molecule has 0 aromatic heterocycles. The van der Waals surface area contributed by atoms with Crippen LogP contribution in [0.5, 0.6) is 34.5 Å². The lowest BCUT2D eigenvalue weighted by Crippen LogP contribution is -2.05. The molecule has 0 bridgehead atoms. The number of rotatable bonds is 3. The van der Waals surface area contributed by atoms with Crippen molar-refractivity contribution >= 4 is 23.2 Å². The van der Waals surface area contributed by atoms with Gasteiger partial charge in [0.15, 0.2) is 0 Å². The van der Waals surface area contributed by atoms with Crippen molar-refractivity contribution in [2.75, 3.05) is 0 Å². The Morgan fingerprint density at radius 1 is 0.519 bits per heavy atom. The Labute approximate surface area is 163 Å². The quantitative estimate of drug-likeness (QED) is 0.357. The fourth-order valence-corrected chi connectivity index (χ4v) is 3.22. The highest BCUT2D eigenvalue weighted by Gasteiger charge is 2.27. The molecular weight excluding hydrogens is 395 g/mol. The van der Waals surface area contributed by atoms with Gasteiger partial charge < -0.3 is 30.6 Å². The normalized spacial score (nSPS) is 11.1. The number of halogens is 2. The van der Waals surface area contributed by atoms with Gasteiger partial charge in [0.05, 0.1) is 10.0 Å². The summed E-state index contributed by atoms with van der Waals surface area (Å²) in [7, 11) is 0. The first-order valence-electron chi connectivity index (χ1n) is 7.63. The zero-order valence-electron chi connectivity index (χ0n) is 13.6. The van der Waals surface area contributed by atoms with Crippen LogP contribution in [-0.4, -0.2) is 30.6 Å². The molecule has 0 aliphatic carbocycles. The standard InChI is InChI=1S/C19H14Cl2O6/c20-12-4-10(15(24)6-17(12)26)19(9-2-1-8(22)3-14(9)23)11-5-13(21)18(27)7-16(11)25/h1-7,19,22-27H. The van der Waals surface area contributed by atoms with Gasteiger partial charge in [0, 0.05) is 40.8 Å². The molecule has 0 saturated heterocycles. The predicted molar refractivity (Wildman–Crippen MR) is 100 cm³/mol. The van der Waals surface area contributed by atoms with Crippen molar-refractivity contribution in [1.82, 2.24) is 0 Å². The highest BCUT2D eigenvalue weighted by Crippen LogP contribution is 2.47. The van der Waals surface area contributed by atoms with E-state index in [4.69, 9.17) is 23.2 Å². The summed E-state index contributed by atoms with van der Waals surface area (Å²) in [6.07, 6.45) is 0. The molecule has 0 heterocycles. The monoisotopic (exact) mass is 408 g/mol.